The molecule has 0 unspecified atom stereocenters. The van der Waals surface area contributed by atoms with Crippen molar-refractivity contribution in [1.82, 2.24) is 19.8 Å². The van der Waals surface area contributed by atoms with Crippen LogP contribution in [0.2, 0.25) is 0 Å². The molecule has 0 spiro atoms. The van der Waals surface area contributed by atoms with Gasteiger partial charge in [-0.25, -0.2) is 18.4 Å². The molecule has 0 saturated carbocycles. The molecule has 0 atom stereocenters. The Bertz CT molecular complexity index is 1090. The van der Waals surface area contributed by atoms with Gasteiger partial charge >= 0.3 is 5.69 Å². The molecule has 0 radical (unpaired) electrons. The highest BCUT2D eigenvalue weighted by Gasteiger charge is 2.24. The SMILES string of the molecule is Cc1ccc(S(=O)(=O)NNc2ncnc(Nc3ccncc3)c2[N+](=O)[O-])cc1. The van der Waals surface area contributed by atoms with E-state index in [-0.39, 0.29) is 16.5 Å². The molecule has 0 aliphatic rings. The summed E-state index contributed by atoms with van der Waals surface area (Å²) in [7, 11) is -3.96. The summed E-state index contributed by atoms with van der Waals surface area (Å²) in [5.74, 6) is -0.421. The lowest BCUT2D eigenvalue weighted by Gasteiger charge is -2.11. The molecule has 0 amide bonds. The van der Waals surface area contributed by atoms with E-state index in [2.05, 4.69) is 30.5 Å². The Kier molecular flexibility index (Phi) is 5.42. The normalized spacial score (nSPS) is 11.0. The number of hydrazine groups is 1. The van der Waals surface area contributed by atoms with Gasteiger partial charge in [-0.15, -0.1) is 4.83 Å². The molecule has 0 saturated heterocycles. The highest BCUT2D eigenvalue weighted by molar-refractivity contribution is 7.89. The van der Waals surface area contributed by atoms with E-state index in [9.17, 15) is 18.5 Å². The zero-order valence-electron chi connectivity index (χ0n) is 14.5. The number of nitrogens with one attached hydrogen (secondary N) is 3. The van der Waals surface area contributed by atoms with Crippen LogP contribution in [-0.2, 0) is 10.0 Å². The Labute approximate surface area is 160 Å². The van der Waals surface area contributed by atoms with Crippen molar-refractivity contribution in [3.8, 4) is 0 Å². The van der Waals surface area contributed by atoms with Gasteiger partial charge in [-0.1, -0.05) is 17.7 Å². The number of aromatic nitrogens is 3. The molecule has 2 heterocycles. The lowest BCUT2D eigenvalue weighted by Crippen LogP contribution is -2.30. The largest absolute Gasteiger partial charge is 0.354 e. The Morgan fingerprint density at radius 2 is 1.64 bits per heavy atom. The molecule has 2 aromatic heterocycles. The standard InChI is InChI=1S/C16H15N7O4S/c1-11-2-4-13(5-3-11)28(26,27)22-21-16-14(23(24)25)15(18-10-19-16)20-12-6-8-17-9-7-12/h2-10,22H,1H3,(H2,17,18,19,20,21). The fourth-order valence-electron chi connectivity index (χ4n) is 2.20. The van der Waals surface area contributed by atoms with Crippen molar-refractivity contribution in [1.29, 1.82) is 0 Å². The van der Waals surface area contributed by atoms with Gasteiger partial charge in [-0.2, -0.15) is 0 Å². The fourth-order valence-corrected chi connectivity index (χ4v) is 3.04. The molecule has 0 fully saturated rings. The van der Waals surface area contributed by atoms with Crippen molar-refractivity contribution < 1.29 is 13.3 Å². The molecule has 0 bridgehead atoms. The third-order valence-corrected chi connectivity index (χ3v) is 4.85. The number of aryl methyl sites for hydroxylation is 1. The first-order valence-corrected chi connectivity index (χ1v) is 9.36. The average Bonchev–Trinajstić information content (AvgIpc) is 2.67. The Hall–Kier alpha value is -3.64. The molecule has 0 aliphatic carbocycles. The minimum Gasteiger partial charge on any atom is -0.334 e. The van der Waals surface area contributed by atoms with Crippen molar-refractivity contribution in [2.45, 2.75) is 11.8 Å². The third-order valence-electron chi connectivity index (χ3n) is 3.58. The maximum atomic E-state index is 12.4. The number of rotatable bonds is 7. The second-order valence-corrected chi connectivity index (χ2v) is 7.26. The van der Waals surface area contributed by atoms with Gasteiger partial charge in [0.2, 0.25) is 11.6 Å². The van der Waals surface area contributed by atoms with E-state index in [0.29, 0.717) is 5.69 Å². The Balaban J connectivity index is 1.86. The van der Waals surface area contributed by atoms with Gasteiger partial charge in [-0.3, -0.25) is 20.5 Å². The van der Waals surface area contributed by atoms with Crippen LogP contribution in [0.1, 0.15) is 5.56 Å². The zero-order valence-corrected chi connectivity index (χ0v) is 15.3. The predicted octanol–water partition coefficient (Wildman–Crippen LogP) is 2.14. The lowest BCUT2D eigenvalue weighted by atomic mass is 10.2. The first-order valence-electron chi connectivity index (χ1n) is 7.88. The summed E-state index contributed by atoms with van der Waals surface area (Å²) in [4.78, 5) is 24.4. The number of anilines is 3. The summed E-state index contributed by atoms with van der Waals surface area (Å²) in [5, 5.41) is 14.3. The van der Waals surface area contributed by atoms with Crippen LogP contribution >= 0.6 is 0 Å². The highest BCUT2D eigenvalue weighted by Crippen LogP contribution is 2.30. The maximum Gasteiger partial charge on any atom is 0.354 e. The first kappa shape index (κ1) is 19.1. The van der Waals surface area contributed by atoms with Crippen LogP contribution in [0.3, 0.4) is 0 Å². The minimum atomic E-state index is -3.96. The second kappa shape index (κ2) is 7.94. The topological polar surface area (TPSA) is 152 Å². The van der Waals surface area contributed by atoms with E-state index in [4.69, 9.17) is 0 Å². The summed E-state index contributed by atoms with van der Waals surface area (Å²) in [6.07, 6.45) is 4.08. The van der Waals surface area contributed by atoms with Crippen LogP contribution in [0, 0.1) is 17.0 Å². The lowest BCUT2D eigenvalue weighted by molar-refractivity contribution is -0.383. The van der Waals surface area contributed by atoms with E-state index in [0.717, 1.165) is 11.9 Å². The maximum absolute atomic E-state index is 12.4. The van der Waals surface area contributed by atoms with Gasteiger partial charge in [0, 0.05) is 18.1 Å². The number of pyridine rings is 1. The van der Waals surface area contributed by atoms with Crippen molar-refractivity contribution in [2.75, 3.05) is 10.7 Å². The van der Waals surface area contributed by atoms with Crippen LogP contribution in [-0.4, -0.2) is 28.3 Å². The molecule has 3 aromatic rings. The van der Waals surface area contributed by atoms with Crippen molar-refractivity contribution in [3.63, 3.8) is 0 Å². The van der Waals surface area contributed by atoms with E-state index >= 15 is 0 Å². The average molecular weight is 401 g/mol. The summed E-state index contributed by atoms with van der Waals surface area (Å²) in [6.45, 7) is 1.82. The van der Waals surface area contributed by atoms with Gasteiger partial charge in [0.25, 0.3) is 10.0 Å². The molecule has 0 aliphatic heterocycles. The van der Waals surface area contributed by atoms with Crippen molar-refractivity contribution in [2.24, 2.45) is 0 Å². The monoisotopic (exact) mass is 401 g/mol. The van der Waals surface area contributed by atoms with Crippen LogP contribution in [0.4, 0.5) is 23.0 Å². The quantitative estimate of drug-likeness (QED) is 0.399. The molecule has 11 nitrogen and oxygen atoms in total. The molecule has 28 heavy (non-hydrogen) atoms. The Morgan fingerprint density at radius 3 is 2.29 bits per heavy atom. The van der Waals surface area contributed by atoms with E-state index in [1.165, 1.54) is 24.5 Å². The summed E-state index contributed by atoms with van der Waals surface area (Å²) < 4.78 is 24.7. The van der Waals surface area contributed by atoms with Gasteiger partial charge in [0.05, 0.1) is 9.82 Å². The predicted molar refractivity (Wildman–Crippen MR) is 101 cm³/mol. The van der Waals surface area contributed by atoms with Gasteiger partial charge < -0.3 is 5.32 Å². The van der Waals surface area contributed by atoms with Gasteiger partial charge in [-0.05, 0) is 31.2 Å². The molecular formula is C16H15N7O4S. The summed E-state index contributed by atoms with van der Waals surface area (Å²) in [6, 6.07) is 9.31. The Morgan fingerprint density at radius 1 is 1.00 bits per heavy atom. The summed E-state index contributed by atoms with van der Waals surface area (Å²) in [5.41, 5.74) is 3.18. The van der Waals surface area contributed by atoms with Crippen LogP contribution in [0.15, 0.2) is 60.0 Å². The van der Waals surface area contributed by atoms with Crippen molar-refractivity contribution >= 4 is 33.0 Å². The van der Waals surface area contributed by atoms with E-state index in [1.807, 2.05) is 6.92 Å². The molecule has 12 heteroatoms. The number of hydrogen-bond donors (Lipinski definition) is 3. The summed E-state index contributed by atoms with van der Waals surface area (Å²) >= 11 is 0. The smallest absolute Gasteiger partial charge is 0.334 e. The molecule has 3 N–H and O–H groups in total. The molecule has 1 aromatic carbocycles. The number of sulfonamides is 1. The number of benzene rings is 1. The molecular weight excluding hydrogens is 386 g/mol. The molecule has 144 valence electrons. The van der Waals surface area contributed by atoms with Gasteiger partial charge in [0.1, 0.15) is 6.33 Å². The first-order chi connectivity index (χ1) is 13.4. The fraction of sp³-hybridized carbons (Fsp3) is 0.0625. The van der Waals surface area contributed by atoms with E-state index < -0.39 is 20.6 Å². The van der Waals surface area contributed by atoms with Crippen LogP contribution < -0.4 is 15.6 Å². The van der Waals surface area contributed by atoms with Crippen LogP contribution in [0.25, 0.3) is 0 Å². The third kappa shape index (κ3) is 4.36. The highest BCUT2D eigenvalue weighted by atomic mass is 32.2. The van der Waals surface area contributed by atoms with Crippen LogP contribution in [0.5, 0.6) is 0 Å². The second-order valence-electron chi connectivity index (χ2n) is 5.58. The van der Waals surface area contributed by atoms with Gasteiger partial charge in [0.15, 0.2) is 0 Å². The minimum absolute atomic E-state index is 0.00237. The number of nitrogens with zero attached hydrogens (tertiary/aromatic N) is 4. The number of nitro groups is 1. The van der Waals surface area contributed by atoms with E-state index in [1.54, 1.807) is 24.3 Å². The molecule has 3 rings (SSSR count). The van der Waals surface area contributed by atoms with Crippen molar-refractivity contribution in [3.05, 3.63) is 70.8 Å². The number of hydrogen-bond acceptors (Lipinski definition) is 9. The zero-order chi connectivity index (χ0) is 20.1.